The maximum atomic E-state index is 12.7. The van der Waals surface area contributed by atoms with Gasteiger partial charge in [0.2, 0.25) is 0 Å². The average molecular weight is 475 g/mol. The minimum absolute atomic E-state index is 0.0551. The van der Waals surface area contributed by atoms with E-state index >= 15 is 0 Å². The molecule has 0 fully saturated rings. The van der Waals surface area contributed by atoms with Crippen LogP contribution >= 0.6 is 24.4 Å². The Morgan fingerprint density at radius 3 is 2.34 bits per heavy atom. The molecular weight excluding hydrogens is 436 g/mol. The zero-order chi connectivity index (χ0) is 23.7. The standard InChI is InChI=1S/C26H38N2O2S2/c1-19(2)17-26(5,20(3)4)24(29)30-16-12-7-6-11-15-28-18-22(23(31)27-25(28)32)21-13-9-8-10-14-21/h8-10,13-14,18-20H,6-7,11-12,15-17H2,1-5H3,(H,27,31,32). The molecule has 0 aliphatic heterocycles. The van der Waals surface area contributed by atoms with Crippen LogP contribution in [0.1, 0.15) is 66.7 Å². The highest BCUT2D eigenvalue weighted by Gasteiger charge is 2.38. The first-order chi connectivity index (χ1) is 15.1. The number of unbranched alkanes of at least 4 members (excludes halogenated alkanes) is 3. The number of hydrogen-bond acceptors (Lipinski definition) is 4. The molecule has 32 heavy (non-hydrogen) atoms. The Morgan fingerprint density at radius 1 is 1.06 bits per heavy atom. The van der Waals surface area contributed by atoms with Gasteiger partial charge in [-0.25, -0.2) is 0 Å². The zero-order valence-electron chi connectivity index (χ0n) is 20.1. The van der Waals surface area contributed by atoms with E-state index in [1.165, 1.54) is 0 Å². The predicted octanol–water partition coefficient (Wildman–Crippen LogP) is 7.75. The first kappa shape index (κ1) is 26.5. The van der Waals surface area contributed by atoms with Gasteiger partial charge in [-0.2, -0.15) is 0 Å². The van der Waals surface area contributed by atoms with Crippen LogP contribution in [-0.4, -0.2) is 22.1 Å². The Balaban J connectivity index is 1.79. The molecular formula is C26H38N2O2S2. The number of rotatable bonds is 12. The van der Waals surface area contributed by atoms with Gasteiger partial charge in [-0.1, -0.05) is 76.7 Å². The van der Waals surface area contributed by atoms with Crippen molar-refractivity contribution in [2.45, 2.75) is 73.3 Å². The monoisotopic (exact) mass is 474 g/mol. The van der Waals surface area contributed by atoms with E-state index < -0.39 is 5.41 Å². The highest BCUT2D eigenvalue weighted by molar-refractivity contribution is 7.72. The number of aromatic amines is 1. The van der Waals surface area contributed by atoms with Gasteiger partial charge in [0, 0.05) is 18.3 Å². The van der Waals surface area contributed by atoms with Gasteiger partial charge in [0.1, 0.15) is 4.64 Å². The van der Waals surface area contributed by atoms with E-state index in [1.807, 2.05) is 25.1 Å². The number of hydrogen-bond donors (Lipinski definition) is 1. The third-order valence-electron chi connectivity index (χ3n) is 6.20. The summed E-state index contributed by atoms with van der Waals surface area (Å²) in [6.45, 7) is 11.9. The second kappa shape index (κ2) is 12.4. The fourth-order valence-corrected chi connectivity index (χ4v) is 4.55. The molecule has 0 bridgehead atoms. The van der Waals surface area contributed by atoms with E-state index in [2.05, 4.69) is 55.6 Å². The Bertz CT molecular complexity index is 979. The molecule has 0 amide bonds. The number of aromatic nitrogens is 2. The van der Waals surface area contributed by atoms with Crippen LogP contribution in [-0.2, 0) is 16.1 Å². The summed E-state index contributed by atoms with van der Waals surface area (Å²) in [5.41, 5.74) is 1.68. The number of carbonyl (C=O) groups excluding carboxylic acids is 1. The van der Waals surface area contributed by atoms with Gasteiger partial charge in [0.05, 0.1) is 12.0 Å². The highest BCUT2D eigenvalue weighted by atomic mass is 32.1. The SMILES string of the molecule is CC(C)CC(C)(C(=O)OCCCCCCn1cc(-c2ccccc2)c(=S)[nH]c1=S)C(C)C. The molecule has 1 heterocycles. The smallest absolute Gasteiger partial charge is 0.312 e. The fraction of sp³-hybridized carbons (Fsp3) is 0.577. The summed E-state index contributed by atoms with van der Waals surface area (Å²) < 4.78 is 9.04. The van der Waals surface area contributed by atoms with Crippen LogP contribution in [0.3, 0.4) is 0 Å². The molecule has 1 unspecified atom stereocenters. The lowest BCUT2D eigenvalue weighted by Crippen LogP contribution is -2.36. The van der Waals surface area contributed by atoms with Gasteiger partial charge in [-0.3, -0.25) is 4.79 Å². The van der Waals surface area contributed by atoms with Crippen LogP contribution in [0.5, 0.6) is 0 Å². The number of nitrogens with one attached hydrogen (secondary N) is 1. The van der Waals surface area contributed by atoms with E-state index in [4.69, 9.17) is 29.2 Å². The summed E-state index contributed by atoms with van der Waals surface area (Å²) in [6, 6.07) is 10.1. The Hall–Kier alpha value is -1.79. The molecule has 0 radical (unpaired) electrons. The molecule has 2 rings (SSSR count). The van der Waals surface area contributed by atoms with Crippen LogP contribution in [0, 0.1) is 26.7 Å². The molecule has 0 saturated heterocycles. The Morgan fingerprint density at radius 2 is 1.72 bits per heavy atom. The lowest BCUT2D eigenvalue weighted by Gasteiger charge is -2.32. The Kier molecular flexibility index (Phi) is 10.3. The lowest BCUT2D eigenvalue weighted by molar-refractivity contribution is -0.159. The Labute approximate surface area is 203 Å². The van der Waals surface area contributed by atoms with E-state index in [0.29, 0.717) is 21.9 Å². The van der Waals surface area contributed by atoms with Crippen LogP contribution in [0.4, 0.5) is 0 Å². The van der Waals surface area contributed by atoms with Gasteiger partial charge >= 0.3 is 5.97 Å². The third kappa shape index (κ3) is 7.38. The summed E-state index contributed by atoms with van der Waals surface area (Å²) in [7, 11) is 0. The second-order valence-electron chi connectivity index (χ2n) is 9.58. The molecule has 0 saturated carbocycles. The van der Waals surface area contributed by atoms with Crippen LogP contribution < -0.4 is 0 Å². The highest BCUT2D eigenvalue weighted by Crippen LogP contribution is 2.35. The van der Waals surface area contributed by atoms with Gasteiger partial charge in [0.25, 0.3) is 0 Å². The van der Waals surface area contributed by atoms with Gasteiger partial charge in [-0.15, -0.1) is 0 Å². The minimum Gasteiger partial charge on any atom is -0.465 e. The van der Waals surface area contributed by atoms with Crippen molar-refractivity contribution in [1.82, 2.24) is 9.55 Å². The number of carbonyl (C=O) groups is 1. The van der Waals surface area contributed by atoms with E-state index in [1.54, 1.807) is 0 Å². The first-order valence-electron chi connectivity index (χ1n) is 11.7. The third-order valence-corrected chi connectivity index (χ3v) is 6.85. The fourth-order valence-electron chi connectivity index (χ4n) is 3.97. The second-order valence-corrected chi connectivity index (χ2v) is 10.4. The van der Waals surface area contributed by atoms with Crippen LogP contribution in [0.15, 0.2) is 36.5 Å². The molecule has 0 aliphatic rings. The summed E-state index contributed by atoms with van der Waals surface area (Å²) in [4.78, 5) is 15.8. The first-order valence-corrected chi connectivity index (χ1v) is 12.5. The number of H-pyrrole nitrogens is 1. The summed E-state index contributed by atoms with van der Waals surface area (Å²) >= 11 is 10.9. The van der Waals surface area contributed by atoms with Crippen molar-refractivity contribution < 1.29 is 9.53 Å². The number of esters is 1. The van der Waals surface area contributed by atoms with Crippen molar-refractivity contribution in [3.63, 3.8) is 0 Å². The van der Waals surface area contributed by atoms with Crippen LogP contribution in [0.2, 0.25) is 0 Å². The number of benzene rings is 1. The number of aryl methyl sites for hydroxylation is 1. The summed E-state index contributed by atoms with van der Waals surface area (Å²) in [5, 5.41) is 0. The lowest BCUT2D eigenvalue weighted by atomic mass is 9.73. The predicted molar refractivity (Wildman–Crippen MR) is 138 cm³/mol. The topological polar surface area (TPSA) is 47.0 Å². The molecule has 1 aromatic heterocycles. The number of nitrogens with zero attached hydrogens (tertiary/aromatic N) is 1. The van der Waals surface area contributed by atoms with Crippen molar-refractivity contribution in [3.8, 4) is 11.1 Å². The van der Waals surface area contributed by atoms with Crippen LogP contribution in [0.25, 0.3) is 11.1 Å². The van der Waals surface area contributed by atoms with E-state index in [9.17, 15) is 4.79 Å². The molecule has 6 heteroatoms. The molecule has 4 nitrogen and oxygen atoms in total. The van der Waals surface area contributed by atoms with E-state index in [-0.39, 0.29) is 11.9 Å². The molecule has 176 valence electrons. The number of ether oxygens (including phenoxy) is 1. The minimum atomic E-state index is -0.408. The van der Waals surface area contributed by atoms with Gasteiger partial charge in [0.15, 0.2) is 4.77 Å². The van der Waals surface area contributed by atoms with Crippen molar-refractivity contribution in [1.29, 1.82) is 0 Å². The maximum Gasteiger partial charge on any atom is 0.312 e. The van der Waals surface area contributed by atoms with Crippen molar-refractivity contribution in [3.05, 3.63) is 45.9 Å². The quantitative estimate of drug-likeness (QED) is 0.194. The zero-order valence-corrected chi connectivity index (χ0v) is 21.8. The summed E-state index contributed by atoms with van der Waals surface area (Å²) in [6.07, 6.45) is 6.90. The molecule has 0 spiro atoms. The molecule has 1 atom stereocenters. The van der Waals surface area contributed by atoms with Crippen molar-refractivity contribution in [2.75, 3.05) is 6.61 Å². The summed E-state index contributed by atoms with van der Waals surface area (Å²) in [5.74, 6) is 0.678. The van der Waals surface area contributed by atoms with Gasteiger partial charge in [-0.05, 0) is 62.2 Å². The normalized spacial score (nSPS) is 13.3. The molecule has 1 N–H and O–H groups in total. The van der Waals surface area contributed by atoms with Crippen molar-refractivity contribution in [2.24, 2.45) is 17.3 Å². The largest absolute Gasteiger partial charge is 0.465 e. The van der Waals surface area contributed by atoms with E-state index in [0.717, 1.165) is 49.8 Å². The van der Waals surface area contributed by atoms with Gasteiger partial charge < -0.3 is 14.3 Å². The molecule has 1 aromatic carbocycles. The molecule has 0 aliphatic carbocycles. The average Bonchev–Trinajstić information content (AvgIpc) is 2.74. The maximum absolute atomic E-state index is 12.7. The molecule has 2 aromatic rings. The van der Waals surface area contributed by atoms with Crippen molar-refractivity contribution >= 4 is 30.4 Å².